The highest BCUT2D eigenvalue weighted by Gasteiger charge is 2.38. The molecule has 108 valence electrons. The van der Waals surface area contributed by atoms with E-state index in [1.54, 1.807) is 7.11 Å². The van der Waals surface area contributed by atoms with Crippen molar-refractivity contribution in [2.45, 2.75) is 25.7 Å². The summed E-state index contributed by atoms with van der Waals surface area (Å²) < 4.78 is 6.23. The van der Waals surface area contributed by atoms with Gasteiger partial charge in [0.1, 0.15) is 5.75 Å². The molecule has 1 aromatic heterocycles. The molecule has 0 saturated heterocycles. The second kappa shape index (κ2) is 4.80. The summed E-state index contributed by atoms with van der Waals surface area (Å²) in [7, 11) is 1.64. The first kappa shape index (κ1) is 12.8. The van der Waals surface area contributed by atoms with Crippen LogP contribution >= 0.6 is 11.3 Å². The zero-order valence-corrected chi connectivity index (χ0v) is 12.5. The molecular formula is C15H15N3O2S. The molecule has 5 nitrogen and oxygen atoms in total. The van der Waals surface area contributed by atoms with Crippen LogP contribution in [0.5, 0.6) is 5.75 Å². The molecule has 0 spiro atoms. The minimum absolute atomic E-state index is 0.0136. The van der Waals surface area contributed by atoms with Crippen molar-refractivity contribution in [3.05, 3.63) is 18.2 Å². The van der Waals surface area contributed by atoms with Crippen LogP contribution in [-0.4, -0.2) is 23.7 Å². The Kier molecular flexibility index (Phi) is 2.92. The molecule has 1 fully saturated rings. The van der Waals surface area contributed by atoms with Gasteiger partial charge in [0.25, 0.3) is 5.91 Å². The van der Waals surface area contributed by atoms with E-state index in [9.17, 15) is 4.79 Å². The molecule has 4 rings (SSSR count). The Morgan fingerprint density at radius 2 is 2.29 bits per heavy atom. The first-order valence-corrected chi connectivity index (χ1v) is 7.94. The summed E-state index contributed by atoms with van der Waals surface area (Å²) in [5, 5.41) is 6.68. The Labute approximate surface area is 126 Å². The van der Waals surface area contributed by atoms with E-state index >= 15 is 0 Å². The lowest BCUT2D eigenvalue weighted by atomic mass is 9.87. The van der Waals surface area contributed by atoms with Gasteiger partial charge < -0.3 is 4.74 Å². The molecule has 2 heterocycles. The second-order valence-corrected chi connectivity index (χ2v) is 6.38. The maximum atomic E-state index is 12.5. The normalized spacial score (nSPS) is 21.6. The molecule has 1 atom stereocenters. The van der Waals surface area contributed by atoms with E-state index in [0.29, 0.717) is 5.13 Å². The molecule has 0 radical (unpaired) electrons. The minimum Gasteiger partial charge on any atom is -0.497 e. The van der Waals surface area contributed by atoms with E-state index in [1.807, 2.05) is 18.2 Å². The average Bonchev–Trinajstić information content (AvgIpc) is 3.08. The molecule has 1 aromatic carbocycles. The number of benzene rings is 1. The third-order valence-electron chi connectivity index (χ3n) is 4.08. The number of amides is 1. The summed E-state index contributed by atoms with van der Waals surface area (Å²) in [5.74, 6) is 0.862. The maximum Gasteiger partial charge on any atom is 0.258 e. The highest BCUT2D eigenvalue weighted by atomic mass is 32.1. The van der Waals surface area contributed by atoms with Crippen molar-refractivity contribution in [3.8, 4) is 5.75 Å². The van der Waals surface area contributed by atoms with Gasteiger partial charge in [0, 0.05) is 0 Å². The number of ether oxygens (including phenoxy) is 1. The van der Waals surface area contributed by atoms with Crippen molar-refractivity contribution in [3.63, 3.8) is 0 Å². The van der Waals surface area contributed by atoms with E-state index < -0.39 is 0 Å². The molecular weight excluding hydrogens is 286 g/mol. The van der Waals surface area contributed by atoms with Gasteiger partial charge in [-0.1, -0.05) is 17.8 Å². The van der Waals surface area contributed by atoms with Gasteiger partial charge >= 0.3 is 0 Å². The molecule has 1 aliphatic carbocycles. The van der Waals surface area contributed by atoms with Gasteiger partial charge in [0.2, 0.25) is 5.13 Å². The molecule has 0 N–H and O–H groups in total. The van der Waals surface area contributed by atoms with Gasteiger partial charge in [-0.2, -0.15) is 10.1 Å². The highest BCUT2D eigenvalue weighted by Crippen LogP contribution is 2.36. The van der Waals surface area contributed by atoms with E-state index in [1.165, 1.54) is 16.3 Å². The van der Waals surface area contributed by atoms with Crippen molar-refractivity contribution in [2.75, 3.05) is 12.1 Å². The SMILES string of the molecule is COc1ccc2nc(N3N=C4CCCCC4C3=O)sc2c1. The van der Waals surface area contributed by atoms with Crippen molar-refractivity contribution in [1.29, 1.82) is 0 Å². The van der Waals surface area contributed by atoms with E-state index in [0.717, 1.165) is 47.4 Å². The molecule has 1 aliphatic heterocycles. The molecule has 6 heteroatoms. The number of thiazole rings is 1. The van der Waals surface area contributed by atoms with Gasteiger partial charge in [-0.05, 0) is 37.5 Å². The van der Waals surface area contributed by atoms with Crippen LogP contribution in [0.2, 0.25) is 0 Å². The first-order chi connectivity index (χ1) is 10.3. The Morgan fingerprint density at radius 3 is 3.10 bits per heavy atom. The fourth-order valence-electron chi connectivity index (χ4n) is 2.95. The number of hydrazone groups is 1. The number of aromatic nitrogens is 1. The van der Waals surface area contributed by atoms with Gasteiger partial charge in [0.15, 0.2) is 0 Å². The van der Waals surface area contributed by atoms with Crippen molar-refractivity contribution in [1.82, 2.24) is 4.98 Å². The number of nitrogens with zero attached hydrogens (tertiary/aromatic N) is 3. The fourth-order valence-corrected chi connectivity index (χ4v) is 3.91. The molecule has 2 aromatic rings. The first-order valence-electron chi connectivity index (χ1n) is 7.12. The quantitative estimate of drug-likeness (QED) is 0.856. The number of fused-ring (bicyclic) bond motifs is 2. The number of methoxy groups -OCH3 is 1. The lowest BCUT2D eigenvalue weighted by Crippen LogP contribution is -2.28. The van der Waals surface area contributed by atoms with E-state index in [2.05, 4.69) is 10.1 Å². The topological polar surface area (TPSA) is 54.8 Å². The summed E-state index contributed by atoms with van der Waals surface area (Å²) in [4.78, 5) is 17.0. The molecule has 21 heavy (non-hydrogen) atoms. The van der Waals surface area contributed by atoms with E-state index in [-0.39, 0.29) is 11.8 Å². The number of anilines is 1. The second-order valence-electron chi connectivity index (χ2n) is 5.37. The van der Waals surface area contributed by atoms with Crippen molar-refractivity contribution < 1.29 is 9.53 Å². The summed E-state index contributed by atoms with van der Waals surface area (Å²) in [6, 6.07) is 5.73. The van der Waals surface area contributed by atoms with Gasteiger partial charge in [-0.25, -0.2) is 4.98 Å². The van der Waals surface area contributed by atoms with Crippen LogP contribution in [0.4, 0.5) is 5.13 Å². The Hall–Kier alpha value is -1.95. The monoisotopic (exact) mass is 301 g/mol. The number of carbonyl (C=O) groups is 1. The molecule has 1 amide bonds. The Balaban J connectivity index is 1.73. The van der Waals surface area contributed by atoms with Crippen LogP contribution < -0.4 is 9.75 Å². The number of hydrogen-bond donors (Lipinski definition) is 0. The van der Waals surface area contributed by atoms with Gasteiger partial charge in [-0.15, -0.1) is 0 Å². The fraction of sp³-hybridized carbons (Fsp3) is 0.400. The van der Waals surface area contributed by atoms with Crippen LogP contribution in [0.3, 0.4) is 0 Å². The Morgan fingerprint density at radius 1 is 1.38 bits per heavy atom. The Bertz CT molecular complexity index is 752. The summed E-state index contributed by atoms with van der Waals surface area (Å²) in [6.45, 7) is 0. The van der Waals surface area contributed by atoms with Gasteiger partial charge in [0.05, 0.1) is 29.0 Å². The summed E-state index contributed by atoms with van der Waals surface area (Å²) >= 11 is 1.48. The van der Waals surface area contributed by atoms with Crippen LogP contribution in [0.1, 0.15) is 25.7 Å². The third kappa shape index (κ3) is 2.01. The highest BCUT2D eigenvalue weighted by molar-refractivity contribution is 7.22. The molecule has 1 saturated carbocycles. The lowest BCUT2D eigenvalue weighted by molar-refractivity contribution is -0.120. The minimum atomic E-state index is -0.0136. The van der Waals surface area contributed by atoms with Crippen LogP contribution in [0.25, 0.3) is 10.2 Å². The zero-order valence-electron chi connectivity index (χ0n) is 11.7. The van der Waals surface area contributed by atoms with Crippen molar-refractivity contribution >= 4 is 38.3 Å². The smallest absolute Gasteiger partial charge is 0.258 e. The third-order valence-corrected chi connectivity index (χ3v) is 5.07. The van der Waals surface area contributed by atoms with Crippen LogP contribution in [0, 0.1) is 5.92 Å². The lowest BCUT2D eigenvalue weighted by Gasteiger charge is -2.15. The number of rotatable bonds is 2. The molecule has 1 unspecified atom stereocenters. The summed E-state index contributed by atoms with van der Waals surface area (Å²) in [6.07, 6.45) is 4.10. The van der Waals surface area contributed by atoms with Crippen molar-refractivity contribution in [2.24, 2.45) is 11.0 Å². The standard InChI is InChI=1S/C15H15N3O2S/c1-20-9-6-7-12-13(8-9)21-15(16-12)18-14(19)10-4-2-3-5-11(10)17-18/h6-8,10H,2-5H2,1H3. The zero-order chi connectivity index (χ0) is 14.4. The predicted molar refractivity (Wildman–Crippen MR) is 83.1 cm³/mol. The average molecular weight is 301 g/mol. The number of carbonyl (C=O) groups excluding carboxylic acids is 1. The maximum absolute atomic E-state index is 12.5. The predicted octanol–water partition coefficient (Wildman–Crippen LogP) is 3.20. The van der Waals surface area contributed by atoms with Crippen LogP contribution in [-0.2, 0) is 4.79 Å². The van der Waals surface area contributed by atoms with Gasteiger partial charge in [-0.3, -0.25) is 4.79 Å². The number of hydrogen-bond acceptors (Lipinski definition) is 5. The van der Waals surface area contributed by atoms with E-state index in [4.69, 9.17) is 4.74 Å². The molecule has 0 bridgehead atoms. The molecule has 2 aliphatic rings. The largest absolute Gasteiger partial charge is 0.497 e. The summed E-state index contributed by atoms with van der Waals surface area (Å²) in [5.41, 5.74) is 1.90. The van der Waals surface area contributed by atoms with Crippen LogP contribution in [0.15, 0.2) is 23.3 Å².